The van der Waals surface area contributed by atoms with Crippen LogP contribution >= 0.6 is 0 Å². The summed E-state index contributed by atoms with van der Waals surface area (Å²) < 4.78 is 24.2. The highest BCUT2D eigenvalue weighted by Gasteiger charge is 2.21. The quantitative estimate of drug-likeness (QED) is 0.268. The van der Waals surface area contributed by atoms with E-state index in [0.717, 1.165) is 53.9 Å². The number of aromatic amines is 1. The van der Waals surface area contributed by atoms with Crippen molar-refractivity contribution in [1.29, 1.82) is 0 Å². The standard InChI is InChI=1S/C29H36N6O5/c1-4-39-23-8-9-25-21(16-23)15-22(29(36)30-25)17-34(12-11-20-7-10-26(37-2)27(14-20)38-3)19-28-31-32-33-35(28)18-24-6-5-13-40-24/h7-10,14-16,24H,4-6,11-13,17-19H2,1-3H3,(H,30,36). The Morgan fingerprint density at radius 1 is 1.10 bits per heavy atom. The van der Waals surface area contributed by atoms with Crippen LogP contribution < -0.4 is 19.8 Å². The average Bonchev–Trinajstić information content (AvgIpc) is 3.64. The van der Waals surface area contributed by atoms with Gasteiger partial charge in [0.1, 0.15) is 5.75 Å². The van der Waals surface area contributed by atoms with Crippen molar-refractivity contribution in [2.75, 3.05) is 34.0 Å². The molecule has 0 bridgehead atoms. The lowest BCUT2D eigenvalue weighted by molar-refractivity contribution is 0.0916. The molecule has 1 fully saturated rings. The smallest absolute Gasteiger partial charge is 0.252 e. The van der Waals surface area contributed by atoms with Crippen LogP contribution in [-0.4, -0.2) is 70.2 Å². The van der Waals surface area contributed by atoms with Crippen molar-refractivity contribution in [3.8, 4) is 17.2 Å². The van der Waals surface area contributed by atoms with Gasteiger partial charge in [-0.2, -0.15) is 0 Å². The van der Waals surface area contributed by atoms with E-state index in [1.54, 1.807) is 14.2 Å². The number of tetrazole rings is 1. The minimum Gasteiger partial charge on any atom is -0.494 e. The van der Waals surface area contributed by atoms with Crippen LogP contribution in [0, 0.1) is 0 Å². The van der Waals surface area contributed by atoms with Crippen LogP contribution in [0.4, 0.5) is 0 Å². The zero-order valence-electron chi connectivity index (χ0n) is 23.3. The molecule has 11 heteroatoms. The average molecular weight is 549 g/mol. The highest BCUT2D eigenvalue weighted by atomic mass is 16.5. The number of nitrogens with zero attached hydrogens (tertiary/aromatic N) is 5. The third-order valence-corrected chi connectivity index (χ3v) is 7.13. The van der Waals surface area contributed by atoms with Crippen LogP contribution in [0.25, 0.3) is 10.9 Å². The molecule has 4 aromatic rings. The van der Waals surface area contributed by atoms with Crippen LogP contribution in [0.15, 0.2) is 47.3 Å². The maximum Gasteiger partial charge on any atom is 0.252 e. The first kappa shape index (κ1) is 27.6. The molecule has 5 rings (SSSR count). The van der Waals surface area contributed by atoms with Gasteiger partial charge in [-0.05, 0) is 78.6 Å². The third-order valence-electron chi connectivity index (χ3n) is 7.13. The molecule has 0 radical (unpaired) electrons. The van der Waals surface area contributed by atoms with Crippen molar-refractivity contribution in [3.63, 3.8) is 0 Å². The number of H-pyrrole nitrogens is 1. The second-order valence-electron chi connectivity index (χ2n) is 9.87. The van der Waals surface area contributed by atoms with Gasteiger partial charge in [0.05, 0.1) is 40.0 Å². The number of nitrogens with one attached hydrogen (secondary N) is 1. The monoisotopic (exact) mass is 548 g/mol. The first-order valence-corrected chi connectivity index (χ1v) is 13.6. The highest BCUT2D eigenvalue weighted by molar-refractivity contribution is 5.80. The SMILES string of the molecule is CCOc1ccc2[nH]c(=O)c(CN(CCc3ccc(OC)c(OC)c3)Cc3nnnn3CC3CCCO3)cc2c1. The maximum absolute atomic E-state index is 13.1. The Hall–Kier alpha value is -3.96. The number of pyridine rings is 1. The van der Waals surface area contributed by atoms with E-state index in [1.165, 1.54) is 0 Å². The Bertz CT molecular complexity index is 1480. The van der Waals surface area contributed by atoms with E-state index >= 15 is 0 Å². The molecule has 212 valence electrons. The Kier molecular flexibility index (Phi) is 8.92. The van der Waals surface area contributed by atoms with E-state index in [1.807, 2.05) is 54.1 Å². The molecular formula is C29H36N6O5. The zero-order chi connectivity index (χ0) is 27.9. The molecule has 1 aliphatic rings. The van der Waals surface area contributed by atoms with Crippen LogP contribution in [0.5, 0.6) is 17.2 Å². The molecule has 1 saturated heterocycles. The van der Waals surface area contributed by atoms with Crippen molar-refractivity contribution in [3.05, 3.63) is 69.8 Å². The Morgan fingerprint density at radius 3 is 2.75 bits per heavy atom. The molecule has 40 heavy (non-hydrogen) atoms. The molecule has 3 heterocycles. The number of ether oxygens (including phenoxy) is 4. The van der Waals surface area contributed by atoms with Gasteiger partial charge in [0, 0.05) is 36.2 Å². The van der Waals surface area contributed by atoms with Crippen LogP contribution in [0.3, 0.4) is 0 Å². The van der Waals surface area contributed by atoms with Gasteiger partial charge in [0.15, 0.2) is 17.3 Å². The van der Waals surface area contributed by atoms with Gasteiger partial charge in [-0.3, -0.25) is 9.69 Å². The van der Waals surface area contributed by atoms with Crippen LogP contribution in [0.1, 0.15) is 36.7 Å². The van der Waals surface area contributed by atoms with Gasteiger partial charge in [0.2, 0.25) is 0 Å². The largest absolute Gasteiger partial charge is 0.494 e. The molecule has 2 aromatic carbocycles. The number of aromatic nitrogens is 5. The van der Waals surface area contributed by atoms with Gasteiger partial charge >= 0.3 is 0 Å². The Labute approximate surface area is 233 Å². The first-order chi connectivity index (χ1) is 19.6. The maximum atomic E-state index is 13.1. The number of benzene rings is 2. The van der Waals surface area contributed by atoms with Crippen LogP contribution in [0.2, 0.25) is 0 Å². The summed E-state index contributed by atoms with van der Waals surface area (Å²) in [6.07, 6.45) is 2.90. The minimum atomic E-state index is -0.119. The summed E-state index contributed by atoms with van der Waals surface area (Å²) in [5.74, 6) is 2.87. The Morgan fingerprint density at radius 2 is 1.98 bits per heavy atom. The van der Waals surface area contributed by atoms with Gasteiger partial charge in [0.25, 0.3) is 5.56 Å². The second-order valence-corrected chi connectivity index (χ2v) is 9.87. The molecule has 0 spiro atoms. The lowest BCUT2D eigenvalue weighted by Crippen LogP contribution is -2.30. The third kappa shape index (κ3) is 6.60. The van der Waals surface area contributed by atoms with E-state index in [4.69, 9.17) is 18.9 Å². The molecular weight excluding hydrogens is 512 g/mol. The summed E-state index contributed by atoms with van der Waals surface area (Å²) in [5, 5.41) is 13.4. The van der Waals surface area contributed by atoms with E-state index < -0.39 is 0 Å². The second kappa shape index (κ2) is 12.9. The molecule has 1 N–H and O–H groups in total. The predicted octanol–water partition coefficient (Wildman–Crippen LogP) is 3.35. The lowest BCUT2D eigenvalue weighted by atomic mass is 10.1. The molecule has 2 aromatic heterocycles. The summed E-state index contributed by atoms with van der Waals surface area (Å²) in [7, 11) is 3.25. The summed E-state index contributed by atoms with van der Waals surface area (Å²) >= 11 is 0. The zero-order valence-corrected chi connectivity index (χ0v) is 23.3. The van der Waals surface area contributed by atoms with E-state index in [2.05, 4.69) is 25.4 Å². The fourth-order valence-electron chi connectivity index (χ4n) is 5.04. The van der Waals surface area contributed by atoms with Gasteiger partial charge in [-0.25, -0.2) is 4.68 Å². The summed E-state index contributed by atoms with van der Waals surface area (Å²) in [6.45, 7) is 5.47. The van der Waals surface area contributed by atoms with Crippen molar-refractivity contribution in [2.45, 2.75) is 51.9 Å². The highest BCUT2D eigenvalue weighted by Crippen LogP contribution is 2.28. The summed E-state index contributed by atoms with van der Waals surface area (Å²) in [6, 6.07) is 13.6. The summed E-state index contributed by atoms with van der Waals surface area (Å²) in [4.78, 5) is 18.3. The summed E-state index contributed by atoms with van der Waals surface area (Å²) in [5.41, 5.74) is 2.41. The lowest BCUT2D eigenvalue weighted by Gasteiger charge is -2.22. The molecule has 0 amide bonds. The van der Waals surface area contributed by atoms with E-state index in [-0.39, 0.29) is 11.7 Å². The number of methoxy groups -OCH3 is 2. The number of rotatable bonds is 13. The van der Waals surface area contributed by atoms with E-state index in [0.29, 0.717) is 49.8 Å². The van der Waals surface area contributed by atoms with Crippen molar-refractivity contribution in [1.82, 2.24) is 30.1 Å². The topological polar surface area (TPSA) is 117 Å². The minimum absolute atomic E-state index is 0.116. The first-order valence-electron chi connectivity index (χ1n) is 13.6. The van der Waals surface area contributed by atoms with Gasteiger partial charge in [-0.15, -0.1) is 5.10 Å². The number of hydrogen-bond acceptors (Lipinski definition) is 9. The normalized spacial score (nSPS) is 15.2. The van der Waals surface area contributed by atoms with Gasteiger partial charge < -0.3 is 23.9 Å². The molecule has 1 unspecified atom stereocenters. The molecule has 1 aliphatic heterocycles. The fraction of sp³-hybridized carbons (Fsp3) is 0.448. The molecule has 0 saturated carbocycles. The fourth-order valence-corrected chi connectivity index (χ4v) is 5.04. The Balaban J connectivity index is 1.40. The van der Waals surface area contributed by atoms with Gasteiger partial charge in [-0.1, -0.05) is 6.07 Å². The van der Waals surface area contributed by atoms with Crippen LogP contribution in [-0.2, 0) is 30.8 Å². The van der Waals surface area contributed by atoms with Crippen molar-refractivity contribution < 1.29 is 18.9 Å². The van der Waals surface area contributed by atoms with E-state index in [9.17, 15) is 4.79 Å². The predicted molar refractivity (Wildman–Crippen MR) is 150 cm³/mol. The number of fused-ring (bicyclic) bond motifs is 1. The molecule has 11 nitrogen and oxygen atoms in total. The molecule has 0 aliphatic carbocycles. The number of hydrogen-bond donors (Lipinski definition) is 1. The van der Waals surface area contributed by atoms with Crippen molar-refractivity contribution >= 4 is 10.9 Å². The molecule has 1 atom stereocenters. The van der Waals surface area contributed by atoms with Crippen molar-refractivity contribution in [2.24, 2.45) is 0 Å².